The molecule has 3 nitrogen and oxygen atoms in total. The van der Waals surface area contributed by atoms with Crippen LogP contribution in [0.5, 0.6) is 0 Å². The van der Waals surface area contributed by atoms with E-state index in [1.807, 2.05) is 6.07 Å². The summed E-state index contributed by atoms with van der Waals surface area (Å²) in [6.45, 7) is 5.11. The minimum absolute atomic E-state index is 0.0916. The topological polar surface area (TPSA) is 61.1 Å². The van der Waals surface area contributed by atoms with E-state index in [9.17, 15) is 4.79 Å². The van der Waals surface area contributed by atoms with Gasteiger partial charge in [0.1, 0.15) is 0 Å². The standard InChI is InChI=1S/C8H11NO2/c1-6(5-9)3-4-7(2)8(10)11/h6H,2-4H2,1H3,(H,10,11). The SMILES string of the molecule is C=C(CCC(C)C#N)C(=O)O. The molecule has 0 amide bonds. The van der Waals surface area contributed by atoms with E-state index < -0.39 is 5.97 Å². The van der Waals surface area contributed by atoms with Crippen molar-refractivity contribution in [3.8, 4) is 6.07 Å². The summed E-state index contributed by atoms with van der Waals surface area (Å²) in [4.78, 5) is 10.2. The van der Waals surface area contributed by atoms with Gasteiger partial charge in [-0.05, 0) is 19.8 Å². The highest BCUT2D eigenvalue weighted by molar-refractivity contribution is 5.85. The third kappa shape index (κ3) is 4.15. The molecular formula is C8H11NO2. The molecule has 60 valence electrons. The largest absolute Gasteiger partial charge is 0.478 e. The Morgan fingerprint density at radius 2 is 2.36 bits per heavy atom. The highest BCUT2D eigenvalue weighted by Gasteiger charge is 2.06. The summed E-state index contributed by atoms with van der Waals surface area (Å²) in [6.07, 6.45) is 0.964. The Kier molecular flexibility index (Phi) is 3.97. The number of carboxylic acids is 1. The first-order valence-corrected chi connectivity index (χ1v) is 3.38. The summed E-state index contributed by atoms with van der Waals surface area (Å²) in [5, 5.41) is 16.7. The van der Waals surface area contributed by atoms with Crippen molar-refractivity contribution < 1.29 is 9.90 Å². The molecule has 0 fully saturated rings. The number of carboxylic acid groups (broad SMARTS) is 1. The Labute approximate surface area is 66.0 Å². The number of hydrogen-bond acceptors (Lipinski definition) is 2. The fraction of sp³-hybridized carbons (Fsp3) is 0.500. The smallest absolute Gasteiger partial charge is 0.330 e. The van der Waals surface area contributed by atoms with Crippen LogP contribution in [-0.4, -0.2) is 11.1 Å². The third-order valence-corrected chi connectivity index (χ3v) is 1.40. The molecule has 0 bridgehead atoms. The second kappa shape index (κ2) is 4.51. The average molecular weight is 153 g/mol. The van der Waals surface area contributed by atoms with Gasteiger partial charge in [-0.1, -0.05) is 6.58 Å². The molecule has 0 saturated carbocycles. The van der Waals surface area contributed by atoms with Gasteiger partial charge in [-0.25, -0.2) is 4.79 Å². The van der Waals surface area contributed by atoms with Gasteiger partial charge in [0, 0.05) is 11.5 Å². The quantitative estimate of drug-likeness (QED) is 0.623. The van der Waals surface area contributed by atoms with Crippen LogP contribution >= 0.6 is 0 Å². The first-order chi connectivity index (χ1) is 5.07. The van der Waals surface area contributed by atoms with Crippen LogP contribution in [0.1, 0.15) is 19.8 Å². The maximum atomic E-state index is 10.2. The van der Waals surface area contributed by atoms with Gasteiger partial charge in [0.2, 0.25) is 0 Å². The van der Waals surface area contributed by atoms with E-state index in [2.05, 4.69) is 6.58 Å². The fourth-order valence-electron chi connectivity index (χ4n) is 0.562. The van der Waals surface area contributed by atoms with E-state index in [0.717, 1.165) is 0 Å². The molecule has 0 aliphatic rings. The normalized spacial score (nSPS) is 11.6. The first-order valence-electron chi connectivity index (χ1n) is 3.38. The zero-order valence-electron chi connectivity index (χ0n) is 6.50. The second-order valence-electron chi connectivity index (χ2n) is 2.48. The van der Waals surface area contributed by atoms with E-state index in [4.69, 9.17) is 10.4 Å². The summed E-state index contributed by atoms with van der Waals surface area (Å²) in [7, 11) is 0. The lowest BCUT2D eigenvalue weighted by atomic mass is 10.0. The van der Waals surface area contributed by atoms with E-state index >= 15 is 0 Å². The molecule has 1 atom stereocenters. The number of hydrogen-bond donors (Lipinski definition) is 1. The number of rotatable bonds is 4. The van der Waals surface area contributed by atoms with Gasteiger partial charge in [0.15, 0.2) is 0 Å². The summed E-state index contributed by atoms with van der Waals surface area (Å²) in [5.41, 5.74) is 0.173. The third-order valence-electron chi connectivity index (χ3n) is 1.40. The van der Waals surface area contributed by atoms with Crippen molar-refractivity contribution in [2.75, 3.05) is 0 Å². The molecule has 0 rings (SSSR count). The van der Waals surface area contributed by atoms with Crippen LogP contribution < -0.4 is 0 Å². The highest BCUT2D eigenvalue weighted by Crippen LogP contribution is 2.09. The summed E-state index contributed by atoms with van der Waals surface area (Å²) in [6, 6.07) is 2.03. The summed E-state index contributed by atoms with van der Waals surface area (Å²) < 4.78 is 0. The minimum atomic E-state index is -0.977. The molecule has 0 aromatic rings. The van der Waals surface area contributed by atoms with Gasteiger partial charge >= 0.3 is 5.97 Å². The minimum Gasteiger partial charge on any atom is -0.478 e. The van der Waals surface area contributed by atoms with Crippen LogP contribution in [0.25, 0.3) is 0 Å². The van der Waals surface area contributed by atoms with Crippen LogP contribution in [0.15, 0.2) is 12.2 Å². The van der Waals surface area contributed by atoms with E-state index in [1.165, 1.54) is 0 Å². The molecule has 0 aromatic carbocycles. The Morgan fingerprint density at radius 1 is 1.82 bits per heavy atom. The summed E-state index contributed by atoms with van der Waals surface area (Å²) in [5.74, 6) is -1.07. The number of nitrogens with zero attached hydrogens (tertiary/aromatic N) is 1. The van der Waals surface area contributed by atoms with Crippen molar-refractivity contribution in [2.45, 2.75) is 19.8 Å². The summed E-state index contributed by atoms with van der Waals surface area (Å²) >= 11 is 0. The van der Waals surface area contributed by atoms with Crippen molar-refractivity contribution in [3.05, 3.63) is 12.2 Å². The fourth-order valence-corrected chi connectivity index (χ4v) is 0.562. The number of aliphatic carboxylic acids is 1. The van der Waals surface area contributed by atoms with Crippen LogP contribution in [0, 0.1) is 17.2 Å². The molecule has 0 aromatic heterocycles. The zero-order valence-corrected chi connectivity index (χ0v) is 6.50. The monoisotopic (exact) mass is 153 g/mol. The van der Waals surface area contributed by atoms with Crippen molar-refractivity contribution in [3.63, 3.8) is 0 Å². The van der Waals surface area contributed by atoms with Crippen LogP contribution in [0.2, 0.25) is 0 Å². The Hall–Kier alpha value is -1.30. The maximum Gasteiger partial charge on any atom is 0.330 e. The van der Waals surface area contributed by atoms with Crippen LogP contribution in [-0.2, 0) is 4.79 Å². The predicted molar refractivity (Wildman–Crippen MR) is 40.8 cm³/mol. The van der Waals surface area contributed by atoms with Crippen molar-refractivity contribution in [2.24, 2.45) is 5.92 Å². The molecule has 3 heteroatoms. The maximum absolute atomic E-state index is 10.2. The Balaban J connectivity index is 3.65. The van der Waals surface area contributed by atoms with Gasteiger partial charge in [0.25, 0.3) is 0 Å². The molecule has 0 spiro atoms. The van der Waals surface area contributed by atoms with E-state index in [0.29, 0.717) is 12.8 Å². The van der Waals surface area contributed by atoms with Gasteiger partial charge in [-0.2, -0.15) is 5.26 Å². The highest BCUT2D eigenvalue weighted by atomic mass is 16.4. The first kappa shape index (κ1) is 9.70. The molecule has 0 heterocycles. The Bertz CT molecular complexity index is 203. The van der Waals surface area contributed by atoms with Gasteiger partial charge in [0.05, 0.1) is 6.07 Å². The van der Waals surface area contributed by atoms with Crippen LogP contribution in [0.4, 0.5) is 0 Å². The Morgan fingerprint density at radius 3 is 2.73 bits per heavy atom. The number of carbonyl (C=O) groups is 1. The predicted octanol–water partition coefficient (Wildman–Crippen LogP) is 1.57. The molecule has 0 saturated heterocycles. The van der Waals surface area contributed by atoms with E-state index in [-0.39, 0.29) is 11.5 Å². The molecular weight excluding hydrogens is 142 g/mol. The van der Waals surface area contributed by atoms with Crippen LogP contribution in [0.3, 0.4) is 0 Å². The van der Waals surface area contributed by atoms with Gasteiger partial charge in [-0.3, -0.25) is 0 Å². The van der Waals surface area contributed by atoms with E-state index in [1.54, 1.807) is 6.92 Å². The van der Waals surface area contributed by atoms with Crippen molar-refractivity contribution in [1.82, 2.24) is 0 Å². The zero-order chi connectivity index (χ0) is 8.85. The lowest BCUT2D eigenvalue weighted by molar-refractivity contribution is -0.132. The molecule has 0 aliphatic carbocycles. The van der Waals surface area contributed by atoms with Crippen molar-refractivity contribution in [1.29, 1.82) is 5.26 Å². The molecule has 0 radical (unpaired) electrons. The average Bonchev–Trinajstić information content (AvgIpc) is 1.99. The molecule has 11 heavy (non-hydrogen) atoms. The second-order valence-corrected chi connectivity index (χ2v) is 2.48. The van der Waals surface area contributed by atoms with Gasteiger partial charge < -0.3 is 5.11 Å². The molecule has 1 unspecified atom stereocenters. The molecule has 0 aliphatic heterocycles. The lowest BCUT2D eigenvalue weighted by Gasteiger charge is -2.00. The number of nitriles is 1. The lowest BCUT2D eigenvalue weighted by Crippen LogP contribution is -2.00. The van der Waals surface area contributed by atoms with Crippen molar-refractivity contribution >= 4 is 5.97 Å². The molecule has 1 N–H and O–H groups in total. The van der Waals surface area contributed by atoms with Gasteiger partial charge in [-0.15, -0.1) is 0 Å².